The summed E-state index contributed by atoms with van der Waals surface area (Å²) < 4.78 is 15.5. The maximum atomic E-state index is 14.0. The molecule has 0 aliphatic rings. The van der Waals surface area contributed by atoms with Crippen LogP contribution in [0.5, 0.6) is 0 Å². The molecule has 0 amide bonds. The first kappa shape index (κ1) is 19.4. The van der Waals surface area contributed by atoms with Crippen molar-refractivity contribution in [2.24, 2.45) is 0 Å². The Labute approximate surface area is 174 Å². The van der Waals surface area contributed by atoms with Crippen molar-refractivity contribution >= 4 is 51.0 Å². The van der Waals surface area contributed by atoms with Gasteiger partial charge in [0.15, 0.2) is 5.43 Å². The lowest BCUT2D eigenvalue weighted by Gasteiger charge is -2.16. The minimum absolute atomic E-state index is 0.108. The van der Waals surface area contributed by atoms with Crippen LogP contribution in [0, 0.1) is 12.7 Å². The summed E-state index contributed by atoms with van der Waals surface area (Å²) in [6.45, 7) is 1.25. The Morgan fingerprint density at radius 2 is 1.69 bits per heavy atom. The van der Waals surface area contributed by atoms with Gasteiger partial charge < -0.3 is 9.67 Å². The van der Waals surface area contributed by atoms with Crippen LogP contribution in [0.15, 0.2) is 53.3 Å². The van der Waals surface area contributed by atoms with E-state index >= 15 is 0 Å². The molecule has 3 aromatic carbocycles. The average molecular weight is 430 g/mol. The topological polar surface area (TPSA) is 59.3 Å². The SMILES string of the molecule is Cc1ccc(-c2ccc3c(=O)c4ccc(Cl)c(Cl)c4n(CC(=O)O)c3c2)cc1F. The fourth-order valence-electron chi connectivity index (χ4n) is 3.45. The molecular weight excluding hydrogens is 416 g/mol. The van der Waals surface area contributed by atoms with Crippen molar-refractivity contribution in [2.75, 3.05) is 0 Å². The molecular formula is C22H14Cl2FNO3. The summed E-state index contributed by atoms with van der Waals surface area (Å²) in [5.74, 6) is -1.45. The highest BCUT2D eigenvalue weighted by Crippen LogP contribution is 2.33. The van der Waals surface area contributed by atoms with E-state index < -0.39 is 12.5 Å². The maximum Gasteiger partial charge on any atom is 0.323 e. The lowest BCUT2D eigenvalue weighted by atomic mass is 10.0. The number of halogens is 3. The fraction of sp³-hybridized carbons (Fsp3) is 0.0909. The number of aliphatic carboxylic acids is 1. The van der Waals surface area contributed by atoms with Crippen LogP contribution in [-0.4, -0.2) is 15.6 Å². The van der Waals surface area contributed by atoms with Gasteiger partial charge in [0, 0.05) is 10.8 Å². The van der Waals surface area contributed by atoms with E-state index in [2.05, 4.69) is 0 Å². The maximum absolute atomic E-state index is 14.0. The van der Waals surface area contributed by atoms with E-state index in [1.807, 2.05) is 0 Å². The third-order valence-corrected chi connectivity index (χ3v) is 5.71. The second kappa shape index (κ2) is 7.17. The number of carboxylic acid groups (broad SMARTS) is 1. The molecule has 4 aromatic rings. The summed E-state index contributed by atoms with van der Waals surface area (Å²) in [4.78, 5) is 24.6. The lowest BCUT2D eigenvalue weighted by Crippen LogP contribution is -2.16. The molecule has 0 radical (unpaired) electrons. The van der Waals surface area contributed by atoms with E-state index in [0.29, 0.717) is 27.6 Å². The molecule has 1 heterocycles. The first-order chi connectivity index (χ1) is 13.8. The van der Waals surface area contributed by atoms with Gasteiger partial charge in [-0.25, -0.2) is 4.39 Å². The normalized spacial score (nSPS) is 11.3. The number of aryl methyl sites for hydroxylation is 1. The van der Waals surface area contributed by atoms with Gasteiger partial charge in [0.05, 0.1) is 21.1 Å². The third-order valence-electron chi connectivity index (χ3n) is 4.92. The van der Waals surface area contributed by atoms with E-state index in [1.165, 1.54) is 22.8 Å². The van der Waals surface area contributed by atoms with Gasteiger partial charge >= 0.3 is 5.97 Å². The van der Waals surface area contributed by atoms with Crippen LogP contribution in [0.4, 0.5) is 4.39 Å². The summed E-state index contributed by atoms with van der Waals surface area (Å²) in [7, 11) is 0. The van der Waals surface area contributed by atoms with Crippen molar-refractivity contribution < 1.29 is 14.3 Å². The second-order valence-corrected chi connectivity index (χ2v) is 7.55. The molecule has 0 aliphatic heterocycles. The summed E-state index contributed by atoms with van der Waals surface area (Å²) in [6, 6.07) is 12.9. The Bertz CT molecular complexity index is 1380. The summed E-state index contributed by atoms with van der Waals surface area (Å²) >= 11 is 12.5. The van der Waals surface area contributed by atoms with Crippen LogP contribution < -0.4 is 5.43 Å². The van der Waals surface area contributed by atoms with Crippen molar-refractivity contribution in [2.45, 2.75) is 13.5 Å². The number of fused-ring (bicyclic) bond motifs is 2. The average Bonchev–Trinajstić information content (AvgIpc) is 2.69. The Balaban J connectivity index is 2.13. The Hall–Kier alpha value is -2.89. The second-order valence-electron chi connectivity index (χ2n) is 6.76. The van der Waals surface area contributed by atoms with E-state index in [4.69, 9.17) is 23.2 Å². The van der Waals surface area contributed by atoms with E-state index in [1.54, 1.807) is 37.3 Å². The van der Waals surface area contributed by atoms with Gasteiger partial charge in [-0.3, -0.25) is 9.59 Å². The Kier molecular flexibility index (Phi) is 4.81. The van der Waals surface area contributed by atoms with Crippen molar-refractivity contribution in [1.82, 2.24) is 4.57 Å². The molecule has 0 bridgehead atoms. The van der Waals surface area contributed by atoms with Crippen molar-refractivity contribution in [3.8, 4) is 11.1 Å². The van der Waals surface area contributed by atoms with E-state index in [0.717, 1.165) is 0 Å². The van der Waals surface area contributed by atoms with Gasteiger partial charge in [-0.05, 0) is 53.9 Å². The molecule has 0 saturated carbocycles. The molecule has 4 nitrogen and oxygen atoms in total. The molecule has 146 valence electrons. The molecule has 0 saturated heterocycles. The van der Waals surface area contributed by atoms with Crippen molar-refractivity contribution in [3.05, 3.63) is 80.2 Å². The van der Waals surface area contributed by atoms with Gasteiger partial charge in [0.25, 0.3) is 0 Å². The Morgan fingerprint density at radius 1 is 1.03 bits per heavy atom. The highest BCUT2D eigenvalue weighted by atomic mass is 35.5. The number of benzene rings is 3. The molecule has 29 heavy (non-hydrogen) atoms. The summed E-state index contributed by atoms with van der Waals surface area (Å²) in [5.41, 5.74) is 2.13. The van der Waals surface area contributed by atoms with Crippen LogP contribution in [0.25, 0.3) is 32.9 Å². The van der Waals surface area contributed by atoms with Gasteiger partial charge in [0.2, 0.25) is 0 Å². The summed E-state index contributed by atoms with van der Waals surface area (Å²) in [5, 5.41) is 10.4. The predicted octanol–water partition coefficient (Wildman–Crippen LogP) is 5.66. The van der Waals surface area contributed by atoms with Gasteiger partial charge in [-0.2, -0.15) is 0 Å². The number of hydrogen-bond acceptors (Lipinski definition) is 2. The molecule has 0 atom stereocenters. The largest absolute Gasteiger partial charge is 0.480 e. The predicted molar refractivity (Wildman–Crippen MR) is 114 cm³/mol. The molecule has 7 heteroatoms. The summed E-state index contributed by atoms with van der Waals surface area (Å²) in [6.07, 6.45) is 0. The van der Waals surface area contributed by atoms with Crippen LogP contribution in [0.2, 0.25) is 10.0 Å². The zero-order valence-electron chi connectivity index (χ0n) is 15.2. The molecule has 1 aromatic heterocycles. The molecule has 0 aliphatic carbocycles. The first-order valence-corrected chi connectivity index (χ1v) is 9.46. The van der Waals surface area contributed by atoms with E-state index in [-0.39, 0.29) is 32.2 Å². The fourth-order valence-corrected chi connectivity index (χ4v) is 3.87. The monoisotopic (exact) mass is 429 g/mol. The number of aromatic nitrogens is 1. The number of carboxylic acids is 1. The smallest absolute Gasteiger partial charge is 0.323 e. The van der Waals surface area contributed by atoms with Crippen LogP contribution >= 0.6 is 23.2 Å². The molecule has 0 fully saturated rings. The lowest BCUT2D eigenvalue weighted by molar-refractivity contribution is -0.137. The molecule has 4 rings (SSSR count). The number of nitrogens with zero attached hydrogens (tertiary/aromatic N) is 1. The quantitative estimate of drug-likeness (QED) is 0.427. The Morgan fingerprint density at radius 3 is 2.38 bits per heavy atom. The molecule has 1 N–H and O–H groups in total. The molecule has 0 spiro atoms. The van der Waals surface area contributed by atoms with Crippen molar-refractivity contribution in [3.63, 3.8) is 0 Å². The number of pyridine rings is 1. The number of hydrogen-bond donors (Lipinski definition) is 1. The van der Waals surface area contributed by atoms with E-state index in [9.17, 15) is 19.1 Å². The highest BCUT2D eigenvalue weighted by Gasteiger charge is 2.18. The highest BCUT2D eigenvalue weighted by molar-refractivity contribution is 6.45. The third kappa shape index (κ3) is 3.26. The van der Waals surface area contributed by atoms with Crippen molar-refractivity contribution in [1.29, 1.82) is 0 Å². The zero-order valence-corrected chi connectivity index (χ0v) is 16.7. The minimum Gasteiger partial charge on any atom is -0.480 e. The van der Waals surface area contributed by atoms with Crippen LogP contribution in [-0.2, 0) is 11.3 Å². The van der Waals surface area contributed by atoms with Gasteiger partial charge in [-0.15, -0.1) is 0 Å². The van der Waals surface area contributed by atoms with Crippen LogP contribution in [0.3, 0.4) is 0 Å². The minimum atomic E-state index is -1.10. The van der Waals surface area contributed by atoms with Gasteiger partial charge in [0.1, 0.15) is 12.4 Å². The molecule has 0 unspecified atom stereocenters. The zero-order chi connectivity index (χ0) is 20.9. The standard InChI is InChI=1S/C22H14Cl2FNO3/c1-11-2-3-12(8-17(11)25)13-4-5-14-18(9-13)26(10-19(27)28)21-15(22(14)29)6-7-16(23)20(21)24/h2-9H,10H2,1H3,(H,27,28). The number of carbonyl (C=O) groups is 1. The van der Waals surface area contributed by atoms with Crippen LogP contribution in [0.1, 0.15) is 5.56 Å². The first-order valence-electron chi connectivity index (χ1n) is 8.70. The van der Waals surface area contributed by atoms with Gasteiger partial charge in [-0.1, -0.05) is 41.4 Å². The number of rotatable bonds is 3.